The normalized spacial score (nSPS) is 16.3. The number of aliphatic hydroxyl groups is 1. The van der Waals surface area contributed by atoms with Crippen LogP contribution in [-0.4, -0.2) is 181 Å². The van der Waals surface area contributed by atoms with Crippen LogP contribution < -0.4 is 16.5 Å². The predicted octanol–water partition coefficient (Wildman–Crippen LogP) is 3.50. The summed E-state index contributed by atoms with van der Waals surface area (Å²) in [5.41, 5.74) is -0.926. The predicted molar refractivity (Wildman–Crippen MR) is 248 cm³/mol. The van der Waals surface area contributed by atoms with Gasteiger partial charge in [-0.15, -0.1) is 11.3 Å². The van der Waals surface area contributed by atoms with Gasteiger partial charge in [-0.2, -0.15) is 0 Å². The zero-order valence-electron chi connectivity index (χ0n) is 40.9. The van der Waals surface area contributed by atoms with Gasteiger partial charge in [0.05, 0.1) is 102 Å². The molecule has 0 aliphatic carbocycles. The molecule has 18 heteroatoms. The van der Waals surface area contributed by atoms with E-state index in [0.717, 1.165) is 18.8 Å². The van der Waals surface area contributed by atoms with Crippen LogP contribution in [-0.2, 0) is 47.7 Å². The Morgan fingerprint density at radius 1 is 0.952 bits per heavy atom. The highest BCUT2D eigenvalue weighted by atomic mass is 32.1. The molecule has 2 heterocycles. The molecule has 1 aliphatic heterocycles. The SMILES string of the molecule is CC(C)C.CCC(C)C(C(CC(=O)N1CCCC1C(OC)C(C)C(=O)NCCO)OC)N(C)C(=O)CNC(=O)C(C)(C)N(C)CCOCCOCCOCCON.Cc1cccs1. The quantitative estimate of drug-likeness (QED) is 0.0673. The lowest BCUT2D eigenvalue weighted by Crippen LogP contribution is -2.57. The summed E-state index contributed by atoms with van der Waals surface area (Å²) in [6.07, 6.45) is 1.06. The Bertz CT molecular complexity index is 1360. The summed E-state index contributed by atoms with van der Waals surface area (Å²) < 4.78 is 28.1. The zero-order chi connectivity index (χ0) is 48.0. The molecule has 2 rings (SSSR count). The maximum atomic E-state index is 13.9. The minimum absolute atomic E-state index is 0.0218. The van der Waals surface area contributed by atoms with Crippen molar-refractivity contribution >= 4 is 35.0 Å². The first-order valence-corrected chi connectivity index (χ1v) is 23.3. The number of ether oxygens (including phenoxy) is 5. The molecule has 17 nitrogen and oxygen atoms in total. The van der Waals surface area contributed by atoms with Crippen LogP contribution in [0.25, 0.3) is 0 Å². The number of nitrogens with two attached hydrogens (primary N) is 1. The highest BCUT2D eigenvalue weighted by molar-refractivity contribution is 7.09. The third-order valence-electron chi connectivity index (χ3n) is 10.9. The summed E-state index contributed by atoms with van der Waals surface area (Å²) in [6.45, 7) is 21.5. The largest absolute Gasteiger partial charge is 0.395 e. The maximum absolute atomic E-state index is 13.9. The number of aryl methyl sites for hydroxylation is 1. The van der Waals surface area contributed by atoms with Crippen LogP contribution in [0.1, 0.15) is 86.0 Å². The number of methoxy groups -OCH3 is 2. The van der Waals surface area contributed by atoms with Gasteiger partial charge in [-0.25, -0.2) is 5.90 Å². The lowest BCUT2D eigenvalue weighted by Gasteiger charge is -2.39. The number of hydrogen-bond acceptors (Lipinski definition) is 14. The van der Waals surface area contributed by atoms with Crippen LogP contribution in [0.2, 0.25) is 0 Å². The van der Waals surface area contributed by atoms with Crippen molar-refractivity contribution in [1.82, 2.24) is 25.3 Å². The van der Waals surface area contributed by atoms with Crippen molar-refractivity contribution in [2.24, 2.45) is 23.7 Å². The highest BCUT2D eigenvalue weighted by Gasteiger charge is 2.42. The van der Waals surface area contributed by atoms with Crippen LogP contribution in [0.3, 0.4) is 0 Å². The van der Waals surface area contributed by atoms with E-state index >= 15 is 0 Å². The molecule has 1 aliphatic rings. The zero-order valence-corrected chi connectivity index (χ0v) is 41.8. The fraction of sp³-hybridized carbons (Fsp3) is 0.822. The van der Waals surface area contributed by atoms with Gasteiger partial charge in [-0.1, -0.05) is 54.0 Å². The Morgan fingerprint density at radius 2 is 1.54 bits per heavy atom. The third-order valence-corrected chi connectivity index (χ3v) is 11.8. The average Bonchev–Trinajstić information content (AvgIpc) is 3.95. The van der Waals surface area contributed by atoms with E-state index in [1.54, 1.807) is 49.0 Å². The molecule has 1 fully saturated rings. The molecule has 6 unspecified atom stereocenters. The van der Waals surface area contributed by atoms with Gasteiger partial charge < -0.3 is 54.1 Å². The van der Waals surface area contributed by atoms with Gasteiger partial charge in [-0.3, -0.25) is 24.1 Å². The van der Waals surface area contributed by atoms with Gasteiger partial charge in [0.2, 0.25) is 23.6 Å². The van der Waals surface area contributed by atoms with Gasteiger partial charge in [0, 0.05) is 45.8 Å². The second kappa shape index (κ2) is 34.6. The van der Waals surface area contributed by atoms with E-state index in [-0.39, 0.29) is 61.7 Å². The van der Waals surface area contributed by atoms with Gasteiger partial charge in [0.1, 0.15) is 0 Å². The molecule has 0 spiro atoms. The first-order valence-electron chi connectivity index (χ1n) is 22.4. The topological polar surface area (TPSA) is 204 Å². The number of amides is 4. The number of nitrogens with one attached hydrogen (secondary N) is 2. The number of carbonyl (C=O) groups excluding carboxylic acids is 4. The second-order valence-electron chi connectivity index (χ2n) is 17.0. The Balaban J connectivity index is 0.00000338. The molecule has 368 valence electrons. The van der Waals surface area contributed by atoms with E-state index in [0.29, 0.717) is 65.8 Å². The Labute approximate surface area is 383 Å². The van der Waals surface area contributed by atoms with Gasteiger partial charge in [-0.05, 0) is 63.9 Å². The van der Waals surface area contributed by atoms with E-state index in [2.05, 4.69) is 60.7 Å². The molecule has 1 aromatic heterocycles. The van der Waals surface area contributed by atoms with Crippen LogP contribution in [0.5, 0.6) is 0 Å². The van der Waals surface area contributed by atoms with Crippen molar-refractivity contribution < 1.29 is 52.8 Å². The van der Waals surface area contributed by atoms with Crippen molar-refractivity contribution in [3.63, 3.8) is 0 Å². The van der Waals surface area contributed by atoms with E-state index < -0.39 is 29.7 Å². The summed E-state index contributed by atoms with van der Waals surface area (Å²) in [7, 11) is 6.57. The van der Waals surface area contributed by atoms with Crippen LogP contribution in [0, 0.1) is 24.7 Å². The molecule has 5 N–H and O–H groups in total. The van der Waals surface area contributed by atoms with Crippen LogP contribution in [0.15, 0.2) is 17.5 Å². The fourth-order valence-electron chi connectivity index (χ4n) is 6.83. The number of nitrogens with zero attached hydrogens (tertiary/aromatic N) is 3. The lowest BCUT2D eigenvalue weighted by atomic mass is 9.90. The Morgan fingerprint density at radius 3 is 2.02 bits per heavy atom. The fourth-order valence-corrected chi connectivity index (χ4v) is 7.36. The highest BCUT2D eigenvalue weighted by Crippen LogP contribution is 2.29. The summed E-state index contributed by atoms with van der Waals surface area (Å²) in [5, 5.41) is 16.7. The third kappa shape index (κ3) is 23.8. The van der Waals surface area contributed by atoms with E-state index in [4.69, 9.17) is 34.7 Å². The molecule has 0 bridgehead atoms. The maximum Gasteiger partial charge on any atom is 0.242 e. The van der Waals surface area contributed by atoms with Crippen LogP contribution >= 0.6 is 11.3 Å². The van der Waals surface area contributed by atoms with Crippen molar-refractivity contribution in [3.8, 4) is 0 Å². The van der Waals surface area contributed by atoms with E-state index in [1.165, 1.54) is 19.1 Å². The van der Waals surface area contributed by atoms with Crippen molar-refractivity contribution in [1.29, 1.82) is 0 Å². The number of carbonyl (C=O) groups is 4. The Kier molecular flexibility index (Phi) is 33.0. The minimum atomic E-state index is -0.926. The summed E-state index contributed by atoms with van der Waals surface area (Å²) in [6, 6.07) is 3.40. The first kappa shape index (κ1) is 60.2. The number of likely N-dealkylation sites (tertiary alicyclic amines) is 1. The molecular weight excluding hydrogens is 833 g/mol. The van der Waals surface area contributed by atoms with Gasteiger partial charge >= 0.3 is 0 Å². The number of thiophene rings is 1. The molecule has 4 amide bonds. The molecular formula is C45H86N6O11S. The van der Waals surface area contributed by atoms with Gasteiger partial charge in [0.25, 0.3) is 0 Å². The summed E-state index contributed by atoms with van der Waals surface area (Å²) in [5.74, 6) is 4.19. The minimum Gasteiger partial charge on any atom is -0.395 e. The molecule has 0 aromatic carbocycles. The molecule has 0 saturated carbocycles. The summed E-state index contributed by atoms with van der Waals surface area (Å²) in [4.78, 5) is 64.4. The van der Waals surface area contributed by atoms with Crippen molar-refractivity contribution in [2.75, 3.05) is 107 Å². The standard InChI is InChI=1S/C36H70N6O11.C5H6S.C4H10/c1-10-26(2)32(29(48-8)24-30(44)42-14-11-12-28(42)33(49-9)27(3)34(46)38-13-16-43)41(7)31(45)25-39-35(47)36(4,5)40(6)15-17-50-18-19-51-20-21-52-22-23-53-37;1-5-3-2-4-6-5;1-4(2)3/h26-29,32-33,43H,10-25,37H2,1-9H3,(H,38,46)(H,39,47);2-4H,1H3;4H,1-3H3. The number of likely N-dealkylation sites (N-methyl/N-ethyl adjacent to an activating group) is 2. The van der Waals surface area contributed by atoms with E-state index in [1.807, 2.05) is 25.8 Å². The average molecular weight is 919 g/mol. The molecule has 6 atom stereocenters. The second-order valence-corrected chi connectivity index (χ2v) is 18.1. The molecule has 0 radical (unpaired) electrons. The summed E-state index contributed by atoms with van der Waals surface area (Å²) >= 11 is 1.78. The number of hydrogen-bond donors (Lipinski definition) is 4. The smallest absolute Gasteiger partial charge is 0.242 e. The number of aliphatic hydroxyl groups excluding tert-OH is 1. The van der Waals surface area contributed by atoms with Crippen molar-refractivity contribution in [2.45, 2.75) is 118 Å². The van der Waals surface area contributed by atoms with E-state index in [9.17, 15) is 19.2 Å². The molecule has 1 saturated heterocycles. The molecule has 63 heavy (non-hydrogen) atoms. The first-order chi connectivity index (χ1) is 29.8. The monoisotopic (exact) mass is 919 g/mol. The number of rotatable bonds is 29. The van der Waals surface area contributed by atoms with Gasteiger partial charge in [0.15, 0.2) is 0 Å². The Hall–Kier alpha value is -2.78. The lowest BCUT2D eigenvalue weighted by molar-refractivity contribution is -0.146. The molecule has 1 aromatic rings. The van der Waals surface area contributed by atoms with Crippen molar-refractivity contribution in [3.05, 3.63) is 22.4 Å². The van der Waals surface area contributed by atoms with Crippen LogP contribution in [0.4, 0.5) is 0 Å².